The second kappa shape index (κ2) is 8.86. The summed E-state index contributed by atoms with van der Waals surface area (Å²) in [5.41, 5.74) is 3.02. The third kappa shape index (κ3) is 5.34. The van der Waals surface area contributed by atoms with Crippen molar-refractivity contribution in [1.82, 2.24) is 25.3 Å². The van der Waals surface area contributed by atoms with E-state index in [1.165, 1.54) is 0 Å². The summed E-state index contributed by atoms with van der Waals surface area (Å²) in [4.78, 5) is 17.9. The van der Waals surface area contributed by atoms with Gasteiger partial charge in [-0.3, -0.25) is 4.79 Å². The zero-order valence-corrected chi connectivity index (χ0v) is 15.3. The summed E-state index contributed by atoms with van der Waals surface area (Å²) >= 11 is 0. The first-order valence-corrected chi connectivity index (χ1v) is 8.34. The molecule has 0 aliphatic carbocycles. The lowest BCUT2D eigenvalue weighted by atomic mass is 10.2. The minimum Gasteiger partial charge on any atom is -0.357 e. The molecule has 1 heterocycles. The van der Waals surface area contributed by atoms with Crippen molar-refractivity contribution in [3.8, 4) is 5.69 Å². The molecule has 0 atom stereocenters. The maximum Gasteiger partial charge on any atom is 0.241 e. The van der Waals surface area contributed by atoms with Crippen LogP contribution in [0.5, 0.6) is 0 Å². The summed E-state index contributed by atoms with van der Waals surface area (Å²) in [7, 11) is 3.47. The zero-order chi connectivity index (χ0) is 18.2. The first kappa shape index (κ1) is 18.5. The monoisotopic (exact) mass is 342 g/mol. The van der Waals surface area contributed by atoms with Crippen LogP contribution in [0.3, 0.4) is 0 Å². The van der Waals surface area contributed by atoms with Gasteiger partial charge in [-0.1, -0.05) is 18.2 Å². The molecule has 0 bridgehead atoms. The molecule has 0 aliphatic heterocycles. The number of aromatic nitrogens is 2. The molecule has 0 saturated carbocycles. The molecule has 2 N–H and O–H groups in total. The number of carbonyl (C=O) groups excluding carboxylic acids is 1. The fraction of sp³-hybridized carbons (Fsp3) is 0.389. The standard InChI is InChI=1S/C18H26N6O/c1-5-19-18(21-13-17(25)23(3)4)20-12-15-8-6-7-9-16(15)24-11-10-14(2)22-24/h6-11H,5,12-13H2,1-4H3,(H2,19,20,21). The number of nitrogens with one attached hydrogen (secondary N) is 2. The number of carbonyl (C=O) groups is 1. The van der Waals surface area contributed by atoms with Crippen LogP contribution in [-0.4, -0.2) is 53.7 Å². The minimum absolute atomic E-state index is 0.00183. The first-order chi connectivity index (χ1) is 12.0. The van der Waals surface area contributed by atoms with Gasteiger partial charge in [0.05, 0.1) is 24.5 Å². The van der Waals surface area contributed by atoms with Gasteiger partial charge < -0.3 is 15.5 Å². The Kier molecular flexibility index (Phi) is 6.56. The van der Waals surface area contributed by atoms with E-state index in [0.29, 0.717) is 12.5 Å². The number of hydrogen-bond donors (Lipinski definition) is 2. The number of likely N-dealkylation sites (N-methyl/N-ethyl adjacent to an activating group) is 1. The van der Waals surface area contributed by atoms with Crippen molar-refractivity contribution in [2.75, 3.05) is 27.2 Å². The Balaban J connectivity index is 2.13. The molecular formula is C18H26N6O. The molecule has 7 heteroatoms. The van der Waals surface area contributed by atoms with E-state index in [-0.39, 0.29) is 12.5 Å². The van der Waals surface area contributed by atoms with E-state index in [4.69, 9.17) is 0 Å². The maximum absolute atomic E-state index is 11.7. The van der Waals surface area contributed by atoms with Crippen molar-refractivity contribution in [1.29, 1.82) is 0 Å². The van der Waals surface area contributed by atoms with Crippen molar-refractivity contribution < 1.29 is 4.79 Å². The molecule has 0 aliphatic rings. The highest BCUT2D eigenvalue weighted by Gasteiger charge is 2.07. The predicted molar refractivity (Wildman–Crippen MR) is 99.8 cm³/mol. The van der Waals surface area contributed by atoms with Crippen LogP contribution in [0.15, 0.2) is 41.5 Å². The Morgan fingerprint density at radius 2 is 2.00 bits per heavy atom. The molecule has 0 radical (unpaired) electrons. The molecule has 0 unspecified atom stereocenters. The fourth-order valence-electron chi connectivity index (χ4n) is 2.24. The number of para-hydroxylation sites is 1. The van der Waals surface area contributed by atoms with E-state index >= 15 is 0 Å². The van der Waals surface area contributed by atoms with Crippen LogP contribution < -0.4 is 10.6 Å². The first-order valence-electron chi connectivity index (χ1n) is 8.34. The lowest BCUT2D eigenvalue weighted by Gasteiger charge is -2.14. The van der Waals surface area contributed by atoms with E-state index in [1.807, 2.05) is 55.1 Å². The van der Waals surface area contributed by atoms with Crippen LogP contribution in [0, 0.1) is 6.92 Å². The van der Waals surface area contributed by atoms with Crippen LogP contribution in [0.2, 0.25) is 0 Å². The van der Waals surface area contributed by atoms with E-state index in [2.05, 4.69) is 20.7 Å². The lowest BCUT2D eigenvalue weighted by molar-refractivity contribution is -0.127. The van der Waals surface area contributed by atoms with Gasteiger partial charge in [0.15, 0.2) is 5.96 Å². The molecule has 25 heavy (non-hydrogen) atoms. The Hall–Kier alpha value is -2.83. The molecule has 134 valence electrons. The third-order valence-corrected chi connectivity index (χ3v) is 3.62. The number of rotatable bonds is 6. The van der Waals surface area contributed by atoms with Gasteiger partial charge in [-0.15, -0.1) is 0 Å². The van der Waals surface area contributed by atoms with Crippen LogP contribution in [-0.2, 0) is 11.3 Å². The number of amides is 1. The van der Waals surface area contributed by atoms with Crippen LogP contribution in [0.25, 0.3) is 5.69 Å². The summed E-state index contributed by atoms with van der Waals surface area (Å²) in [6.45, 7) is 5.37. The number of benzene rings is 1. The summed E-state index contributed by atoms with van der Waals surface area (Å²) < 4.78 is 1.86. The largest absolute Gasteiger partial charge is 0.357 e. The highest BCUT2D eigenvalue weighted by atomic mass is 16.2. The molecule has 1 aromatic heterocycles. The van der Waals surface area contributed by atoms with Crippen molar-refractivity contribution in [2.24, 2.45) is 4.99 Å². The quantitative estimate of drug-likeness (QED) is 0.613. The van der Waals surface area contributed by atoms with Crippen molar-refractivity contribution in [2.45, 2.75) is 20.4 Å². The van der Waals surface area contributed by atoms with Crippen molar-refractivity contribution in [3.05, 3.63) is 47.8 Å². The number of hydrogen-bond acceptors (Lipinski definition) is 3. The fourth-order valence-corrected chi connectivity index (χ4v) is 2.24. The highest BCUT2D eigenvalue weighted by Crippen LogP contribution is 2.15. The van der Waals surface area contributed by atoms with E-state index in [9.17, 15) is 4.79 Å². The second-order valence-electron chi connectivity index (χ2n) is 5.87. The normalized spacial score (nSPS) is 11.3. The summed E-state index contributed by atoms with van der Waals surface area (Å²) in [5, 5.41) is 10.7. The Morgan fingerprint density at radius 1 is 1.24 bits per heavy atom. The number of guanidine groups is 1. The average Bonchev–Trinajstić information content (AvgIpc) is 3.03. The summed E-state index contributed by atoms with van der Waals surface area (Å²) in [5.74, 6) is 0.613. The molecule has 2 rings (SSSR count). The summed E-state index contributed by atoms with van der Waals surface area (Å²) in [6, 6.07) is 10.00. The average molecular weight is 342 g/mol. The van der Waals surface area contributed by atoms with Gasteiger partial charge in [0, 0.05) is 26.8 Å². The minimum atomic E-state index is -0.00183. The van der Waals surface area contributed by atoms with Crippen molar-refractivity contribution >= 4 is 11.9 Å². The Labute approximate surface area is 148 Å². The van der Waals surface area contributed by atoms with E-state index < -0.39 is 0 Å². The van der Waals surface area contributed by atoms with Crippen molar-refractivity contribution in [3.63, 3.8) is 0 Å². The van der Waals surface area contributed by atoms with E-state index in [1.54, 1.807) is 19.0 Å². The number of aliphatic imine (C=N–C) groups is 1. The molecule has 0 spiro atoms. The maximum atomic E-state index is 11.7. The van der Waals surface area contributed by atoms with Crippen LogP contribution in [0.1, 0.15) is 18.2 Å². The molecule has 1 aromatic carbocycles. The van der Waals surface area contributed by atoms with E-state index in [0.717, 1.165) is 23.5 Å². The summed E-state index contributed by atoms with van der Waals surface area (Å²) in [6.07, 6.45) is 1.94. The van der Waals surface area contributed by atoms with Gasteiger partial charge in [-0.2, -0.15) is 5.10 Å². The molecule has 0 saturated heterocycles. The van der Waals surface area contributed by atoms with Gasteiger partial charge >= 0.3 is 0 Å². The second-order valence-corrected chi connectivity index (χ2v) is 5.87. The molecule has 1 amide bonds. The topological polar surface area (TPSA) is 74.5 Å². The Morgan fingerprint density at radius 3 is 2.64 bits per heavy atom. The number of aryl methyl sites for hydroxylation is 1. The molecular weight excluding hydrogens is 316 g/mol. The molecule has 0 fully saturated rings. The van der Waals surface area contributed by atoms with Gasteiger partial charge in [0.25, 0.3) is 0 Å². The van der Waals surface area contributed by atoms with Gasteiger partial charge in [-0.25, -0.2) is 9.67 Å². The Bertz CT molecular complexity index is 735. The van der Waals surface area contributed by atoms with Crippen LogP contribution >= 0.6 is 0 Å². The third-order valence-electron chi connectivity index (χ3n) is 3.62. The molecule has 2 aromatic rings. The SMILES string of the molecule is CCNC(=NCc1ccccc1-n1ccc(C)n1)NCC(=O)N(C)C. The predicted octanol–water partition coefficient (Wildman–Crippen LogP) is 1.32. The van der Waals surface area contributed by atoms with Gasteiger partial charge in [-0.05, 0) is 31.5 Å². The molecule has 7 nitrogen and oxygen atoms in total. The van der Waals surface area contributed by atoms with Crippen LogP contribution in [0.4, 0.5) is 0 Å². The lowest BCUT2D eigenvalue weighted by Crippen LogP contribution is -2.42. The van der Waals surface area contributed by atoms with Gasteiger partial charge in [0.1, 0.15) is 0 Å². The highest BCUT2D eigenvalue weighted by molar-refractivity contribution is 5.86. The smallest absolute Gasteiger partial charge is 0.241 e. The van der Waals surface area contributed by atoms with Gasteiger partial charge in [0.2, 0.25) is 5.91 Å². The zero-order valence-electron chi connectivity index (χ0n) is 15.3. The number of nitrogens with zero attached hydrogens (tertiary/aromatic N) is 4.